The summed E-state index contributed by atoms with van der Waals surface area (Å²) < 4.78 is 10.3. The molecule has 0 saturated carbocycles. The number of aryl methyl sites for hydroxylation is 1. The Hall–Kier alpha value is -1.88. The summed E-state index contributed by atoms with van der Waals surface area (Å²) in [6.45, 7) is 1.22. The highest BCUT2D eigenvalue weighted by Gasteiger charge is 2.00. The van der Waals surface area contributed by atoms with Crippen LogP contribution >= 0.6 is 0 Å². The Kier molecular flexibility index (Phi) is 4.10. The van der Waals surface area contributed by atoms with Gasteiger partial charge in [0, 0.05) is 13.0 Å². The molecule has 0 spiro atoms. The number of ether oxygens (including phenoxy) is 1. The molecule has 0 aliphatic rings. The summed E-state index contributed by atoms with van der Waals surface area (Å²) in [7, 11) is 0. The maximum Gasteiger partial charge on any atom is 0.434 e. The van der Waals surface area contributed by atoms with Gasteiger partial charge in [-0.05, 0) is 12.0 Å². The molecule has 5 heteroatoms. The molecule has 1 N–H and O–H groups in total. The van der Waals surface area contributed by atoms with Gasteiger partial charge in [-0.2, -0.15) is 0 Å². The highest BCUT2D eigenvalue weighted by molar-refractivity contribution is 5.13. The van der Waals surface area contributed by atoms with Gasteiger partial charge < -0.3 is 9.15 Å². The van der Waals surface area contributed by atoms with Crippen LogP contribution in [0.15, 0.2) is 39.5 Å². The zero-order chi connectivity index (χ0) is 11.9. The lowest BCUT2D eigenvalue weighted by Crippen LogP contribution is -1.97. The van der Waals surface area contributed by atoms with Gasteiger partial charge in [-0.1, -0.05) is 30.3 Å². The van der Waals surface area contributed by atoms with Gasteiger partial charge in [0.05, 0.1) is 6.61 Å². The minimum atomic E-state index is -0.509. The molecule has 0 atom stereocenters. The maximum absolute atomic E-state index is 10.6. The van der Waals surface area contributed by atoms with Crippen LogP contribution in [-0.2, 0) is 17.8 Å². The van der Waals surface area contributed by atoms with Crippen molar-refractivity contribution in [1.29, 1.82) is 0 Å². The molecule has 0 radical (unpaired) electrons. The van der Waals surface area contributed by atoms with E-state index in [0.29, 0.717) is 25.5 Å². The van der Waals surface area contributed by atoms with Gasteiger partial charge in [-0.3, -0.25) is 0 Å². The molecule has 0 aliphatic heterocycles. The average Bonchev–Trinajstić information content (AvgIpc) is 2.76. The molecule has 0 aliphatic carbocycles. The molecule has 0 unspecified atom stereocenters. The van der Waals surface area contributed by atoms with Crippen LogP contribution in [0.5, 0.6) is 0 Å². The first-order valence-electron chi connectivity index (χ1n) is 5.50. The Morgan fingerprint density at radius 3 is 2.82 bits per heavy atom. The Bertz CT molecular complexity index is 490. The summed E-state index contributed by atoms with van der Waals surface area (Å²) in [5, 5.41) is 5.93. The molecule has 0 bridgehead atoms. The van der Waals surface area contributed by atoms with Gasteiger partial charge in [0.15, 0.2) is 0 Å². The van der Waals surface area contributed by atoms with Gasteiger partial charge in [0.1, 0.15) is 0 Å². The van der Waals surface area contributed by atoms with E-state index in [9.17, 15) is 4.79 Å². The lowest BCUT2D eigenvalue weighted by Gasteiger charge is -2.02. The van der Waals surface area contributed by atoms with Gasteiger partial charge in [0.25, 0.3) is 0 Å². The summed E-state index contributed by atoms with van der Waals surface area (Å²) in [5.41, 5.74) is 1.15. The third-order valence-corrected chi connectivity index (χ3v) is 2.27. The van der Waals surface area contributed by atoms with Crippen molar-refractivity contribution < 1.29 is 9.15 Å². The predicted molar refractivity (Wildman–Crippen MR) is 61.5 cm³/mol. The minimum absolute atomic E-state index is 0.429. The second kappa shape index (κ2) is 6.00. The number of H-pyrrole nitrogens is 1. The molecular formula is C12H14N2O3. The van der Waals surface area contributed by atoms with E-state index in [2.05, 4.69) is 10.2 Å². The van der Waals surface area contributed by atoms with E-state index in [1.165, 1.54) is 0 Å². The first kappa shape index (κ1) is 11.6. The van der Waals surface area contributed by atoms with Crippen molar-refractivity contribution in [1.82, 2.24) is 10.2 Å². The van der Waals surface area contributed by atoms with Crippen LogP contribution in [0.4, 0.5) is 0 Å². The van der Waals surface area contributed by atoms with E-state index in [-0.39, 0.29) is 0 Å². The Morgan fingerprint density at radius 1 is 1.29 bits per heavy atom. The lowest BCUT2D eigenvalue weighted by molar-refractivity contribution is 0.117. The molecule has 2 aromatic rings. The molecule has 0 saturated heterocycles. The molecule has 90 valence electrons. The highest BCUT2D eigenvalue weighted by Crippen LogP contribution is 2.02. The molecule has 2 rings (SSSR count). The van der Waals surface area contributed by atoms with Crippen molar-refractivity contribution in [2.45, 2.75) is 19.4 Å². The normalized spacial score (nSPS) is 10.6. The summed E-state index contributed by atoms with van der Waals surface area (Å²) in [6, 6.07) is 9.98. The quantitative estimate of drug-likeness (QED) is 0.769. The highest BCUT2D eigenvalue weighted by atomic mass is 16.5. The van der Waals surface area contributed by atoms with Gasteiger partial charge in [0.2, 0.25) is 5.89 Å². The summed E-state index contributed by atoms with van der Waals surface area (Å²) in [4.78, 5) is 10.6. The number of hydrogen-bond acceptors (Lipinski definition) is 4. The fourth-order valence-corrected chi connectivity index (χ4v) is 1.46. The summed E-state index contributed by atoms with van der Waals surface area (Å²) in [5.74, 6) is -0.0801. The van der Waals surface area contributed by atoms with Crippen molar-refractivity contribution in [3.8, 4) is 0 Å². The number of benzene rings is 1. The van der Waals surface area contributed by atoms with Crippen LogP contribution in [-0.4, -0.2) is 16.8 Å². The van der Waals surface area contributed by atoms with Crippen molar-refractivity contribution in [3.05, 3.63) is 52.3 Å². The zero-order valence-corrected chi connectivity index (χ0v) is 9.39. The molecule has 1 aromatic carbocycles. The van der Waals surface area contributed by atoms with Crippen LogP contribution in [0, 0.1) is 0 Å². The van der Waals surface area contributed by atoms with E-state index in [0.717, 1.165) is 12.0 Å². The summed E-state index contributed by atoms with van der Waals surface area (Å²) >= 11 is 0. The van der Waals surface area contributed by atoms with Crippen molar-refractivity contribution in [2.24, 2.45) is 0 Å². The smallest absolute Gasteiger partial charge is 0.393 e. The van der Waals surface area contributed by atoms with E-state index < -0.39 is 5.76 Å². The van der Waals surface area contributed by atoms with Crippen LogP contribution < -0.4 is 5.76 Å². The summed E-state index contributed by atoms with van der Waals surface area (Å²) in [6.07, 6.45) is 1.38. The number of aromatic amines is 1. The topological polar surface area (TPSA) is 68.1 Å². The van der Waals surface area contributed by atoms with Crippen molar-refractivity contribution in [2.75, 3.05) is 6.61 Å². The largest absolute Gasteiger partial charge is 0.434 e. The first-order chi connectivity index (χ1) is 8.34. The van der Waals surface area contributed by atoms with E-state index in [4.69, 9.17) is 9.15 Å². The molecular weight excluding hydrogens is 220 g/mol. The second-order valence-corrected chi connectivity index (χ2v) is 3.65. The fourth-order valence-electron chi connectivity index (χ4n) is 1.46. The molecule has 17 heavy (non-hydrogen) atoms. The maximum atomic E-state index is 10.6. The molecule has 0 fully saturated rings. The van der Waals surface area contributed by atoms with E-state index >= 15 is 0 Å². The van der Waals surface area contributed by atoms with Gasteiger partial charge in [-0.15, -0.1) is 5.10 Å². The number of nitrogens with one attached hydrogen (secondary N) is 1. The second-order valence-electron chi connectivity index (χ2n) is 3.65. The predicted octanol–water partition coefficient (Wildman–Crippen LogP) is 1.51. The Balaban J connectivity index is 1.62. The number of nitrogens with zero attached hydrogens (tertiary/aromatic N) is 1. The third kappa shape index (κ3) is 3.88. The Labute approximate surface area is 98.4 Å². The molecule has 0 amide bonds. The molecule has 1 heterocycles. The van der Waals surface area contributed by atoms with Crippen molar-refractivity contribution in [3.63, 3.8) is 0 Å². The number of hydrogen-bond donors (Lipinski definition) is 1. The van der Waals surface area contributed by atoms with Crippen LogP contribution in [0.2, 0.25) is 0 Å². The van der Waals surface area contributed by atoms with Crippen molar-refractivity contribution >= 4 is 0 Å². The van der Waals surface area contributed by atoms with E-state index in [1.54, 1.807) is 0 Å². The zero-order valence-electron chi connectivity index (χ0n) is 9.39. The molecule has 1 aromatic heterocycles. The fraction of sp³-hybridized carbons (Fsp3) is 0.333. The van der Waals surface area contributed by atoms with Crippen LogP contribution in [0.1, 0.15) is 17.9 Å². The van der Waals surface area contributed by atoms with Crippen LogP contribution in [0.25, 0.3) is 0 Å². The number of rotatable bonds is 6. The standard InChI is InChI=1S/C12H14N2O3/c15-12-14-13-11(17-12)7-4-8-16-9-10-5-2-1-3-6-10/h1-3,5-6H,4,7-9H2,(H,14,15). The Morgan fingerprint density at radius 2 is 2.12 bits per heavy atom. The SMILES string of the molecule is O=c1[nH]nc(CCCOCc2ccccc2)o1. The number of aromatic nitrogens is 2. The minimum Gasteiger partial charge on any atom is -0.393 e. The van der Waals surface area contributed by atoms with E-state index in [1.807, 2.05) is 30.3 Å². The van der Waals surface area contributed by atoms with Gasteiger partial charge >= 0.3 is 5.76 Å². The lowest BCUT2D eigenvalue weighted by atomic mass is 10.2. The first-order valence-corrected chi connectivity index (χ1v) is 5.50. The average molecular weight is 234 g/mol. The third-order valence-electron chi connectivity index (χ3n) is 2.27. The van der Waals surface area contributed by atoms with Crippen LogP contribution in [0.3, 0.4) is 0 Å². The van der Waals surface area contributed by atoms with Gasteiger partial charge in [-0.25, -0.2) is 9.89 Å². The molecule has 5 nitrogen and oxygen atoms in total. The monoisotopic (exact) mass is 234 g/mol.